The van der Waals surface area contributed by atoms with Crippen molar-refractivity contribution in [1.29, 1.82) is 0 Å². The van der Waals surface area contributed by atoms with Crippen LogP contribution < -0.4 is 10.6 Å². The van der Waals surface area contributed by atoms with Gasteiger partial charge in [0, 0.05) is 5.70 Å². The van der Waals surface area contributed by atoms with Crippen molar-refractivity contribution in [3.8, 4) is 0 Å². The van der Waals surface area contributed by atoms with E-state index >= 15 is 0 Å². The van der Waals surface area contributed by atoms with Gasteiger partial charge in [-0.05, 0) is 36.8 Å². The first-order valence-corrected chi connectivity index (χ1v) is 7.58. The monoisotopic (exact) mass is 328 g/mol. The quantitative estimate of drug-likeness (QED) is 0.665. The van der Waals surface area contributed by atoms with E-state index < -0.39 is 12.0 Å². The second-order valence-electron chi connectivity index (χ2n) is 5.15. The lowest BCUT2D eigenvalue weighted by Gasteiger charge is -2.28. The molecule has 3 rings (SSSR count). The molecule has 1 aromatic heterocycles. The molecule has 2 N–H and O–H groups in total. The summed E-state index contributed by atoms with van der Waals surface area (Å²) in [5.74, 6) is 0.204. The highest BCUT2D eigenvalue weighted by molar-refractivity contribution is 7.80. The van der Waals surface area contributed by atoms with Gasteiger partial charge in [0.1, 0.15) is 18.4 Å². The van der Waals surface area contributed by atoms with Gasteiger partial charge in [0.25, 0.3) is 0 Å². The summed E-state index contributed by atoms with van der Waals surface area (Å²) in [6, 6.07) is 12.6. The summed E-state index contributed by atoms with van der Waals surface area (Å²) in [4.78, 5) is 12.5. The minimum atomic E-state index is -0.456. The third-order valence-corrected chi connectivity index (χ3v) is 3.75. The van der Waals surface area contributed by atoms with Gasteiger partial charge >= 0.3 is 5.97 Å². The number of furan rings is 1. The molecule has 1 aliphatic rings. The molecule has 0 spiro atoms. The fraction of sp³-hybridized carbons (Fsp3) is 0.176. The fourth-order valence-electron chi connectivity index (χ4n) is 2.43. The first kappa shape index (κ1) is 15.3. The van der Waals surface area contributed by atoms with Crippen LogP contribution in [0.15, 0.2) is 64.4 Å². The molecule has 0 amide bonds. The highest BCUT2D eigenvalue weighted by Gasteiger charge is 2.32. The van der Waals surface area contributed by atoms with E-state index in [4.69, 9.17) is 21.4 Å². The maximum absolute atomic E-state index is 12.5. The van der Waals surface area contributed by atoms with E-state index in [9.17, 15) is 4.79 Å². The fourth-order valence-corrected chi connectivity index (χ4v) is 2.71. The Hall–Kier alpha value is -2.60. The molecule has 1 atom stereocenters. The summed E-state index contributed by atoms with van der Waals surface area (Å²) in [7, 11) is 0. The second kappa shape index (κ2) is 6.66. The number of benzene rings is 1. The zero-order chi connectivity index (χ0) is 16.2. The second-order valence-corrected chi connectivity index (χ2v) is 5.56. The molecule has 0 bridgehead atoms. The van der Waals surface area contributed by atoms with Gasteiger partial charge in [0.05, 0.1) is 11.8 Å². The summed E-state index contributed by atoms with van der Waals surface area (Å²) in [5.41, 5.74) is 2.05. The summed E-state index contributed by atoms with van der Waals surface area (Å²) < 4.78 is 10.9. The van der Waals surface area contributed by atoms with E-state index in [-0.39, 0.29) is 6.61 Å². The molecule has 0 aliphatic carbocycles. The van der Waals surface area contributed by atoms with Gasteiger partial charge in [0.15, 0.2) is 5.11 Å². The minimum Gasteiger partial charge on any atom is -0.467 e. The molecule has 0 saturated heterocycles. The Kier molecular flexibility index (Phi) is 4.43. The van der Waals surface area contributed by atoms with Gasteiger partial charge in [-0.3, -0.25) is 0 Å². The lowest BCUT2D eigenvalue weighted by Crippen LogP contribution is -2.45. The van der Waals surface area contributed by atoms with Crippen LogP contribution in [0.5, 0.6) is 0 Å². The summed E-state index contributed by atoms with van der Waals surface area (Å²) in [6.07, 6.45) is 1.56. The predicted octanol–water partition coefficient (Wildman–Crippen LogP) is 2.82. The van der Waals surface area contributed by atoms with Gasteiger partial charge in [-0.25, -0.2) is 4.79 Å². The number of hydrogen-bond donors (Lipinski definition) is 2. The van der Waals surface area contributed by atoms with Gasteiger partial charge < -0.3 is 19.8 Å². The SMILES string of the molecule is CC1=C(C(=O)OCc2ccccc2)[C@@H](c2ccco2)NC(=S)N1. The van der Waals surface area contributed by atoms with Crippen molar-refractivity contribution >= 4 is 23.3 Å². The van der Waals surface area contributed by atoms with E-state index in [2.05, 4.69) is 10.6 Å². The molecule has 0 radical (unpaired) electrons. The van der Waals surface area contributed by atoms with Crippen LogP contribution in [-0.4, -0.2) is 11.1 Å². The van der Waals surface area contributed by atoms with E-state index in [0.717, 1.165) is 5.56 Å². The lowest BCUT2D eigenvalue weighted by atomic mass is 10.0. The molecule has 0 saturated carbocycles. The zero-order valence-corrected chi connectivity index (χ0v) is 13.4. The molecule has 1 aliphatic heterocycles. The molecule has 2 aromatic rings. The average Bonchev–Trinajstić information content (AvgIpc) is 3.07. The Morgan fingerprint density at radius 2 is 2.04 bits per heavy atom. The molecule has 0 unspecified atom stereocenters. The number of ether oxygens (including phenoxy) is 1. The zero-order valence-electron chi connectivity index (χ0n) is 12.5. The minimum absolute atomic E-state index is 0.214. The third-order valence-electron chi connectivity index (χ3n) is 3.53. The number of carbonyl (C=O) groups excluding carboxylic acids is 1. The van der Waals surface area contributed by atoms with Crippen molar-refractivity contribution in [2.75, 3.05) is 0 Å². The van der Waals surface area contributed by atoms with Crippen molar-refractivity contribution in [1.82, 2.24) is 10.6 Å². The van der Waals surface area contributed by atoms with E-state index in [1.165, 1.54) is 0 Å². The summed E-state index contributed by atoms with van der Waals surface area (Å²) in [5, 5.41) is 6.45. The van der Waals surface area contributed by atoms with Crippen LogP contribution in [0, 0.1) is 0 Å². The topological polar surface area (TPSA) is 63.5 Å². The first-order valence-electron chi connectivity index (χ1n) is 7.18. The molecular formula is C17H16N2O3S. The molecule has 1 aromatic carbocycles. The number of thiocarbonyl (C=S) groups is 1. The van der Waals surface area contributed by atoms with Crippen molar-refractivity contribution < 1.29 is 13.9 Å². The van der Waals surface area contributed by atoms with Gasteiger partial charge in [-0.15, -0.1) is 0 Å². The van der Waals surface area contributed by atoms with Crippen molar-refractivity contribution in [2.24, 2.45) is 0 Å². The highest BCUT2D eigenvalue weighted by atomic mass is 32.1. The van der Waals surface area contributed by atoms with Crippen LogP contribution in [0.1, 0.15) is 24.3 Å². The van der Waals surface area contributed by atoms with Gasteiger partial charge in [0.2, 0.25) is 0 Å². The van der Waals surface area contributed by atoms with Crippen LogP contribution in [-0.2, 0) is 16.1 Å². The lowest BCUT2D eigenvalue weighted by molar-refractivity contribution is -0.140. The van der Waals surface area contributed by atoms with Gasteiger partial charge in [-0.1, -0.05) is 30.3 Å². The Balaban J connectivity index is 1.81. The van der Waals surface area contributed by atoms with Crippen LogP contribution in [0.4, 0.5) is 0 Å². The molecule has 23 heavy (non-hydrogen) atoms. The van der Waals surface area contributed by atoms with Crippen molar-refractivity contribution in [3.63, 3.8) is 0 Å². The number of rotatable bonds is 4. The summed E-state index contributed by atoms with van der Waals surface area (Å²) in [6.45, 7) is 2.01. The Labute approximate surface area is 139 Å². The largest absolute Gasteiger partial charge is 0.467 e. The van der Waals surface area contributed by atoms with Crippen LogP contribution in [0.25, 0.3) is 0 Å². The van der Waals surface area contributed by atoms with E-state index in [1.54, 1.807) is 25.3 Å². The number of nitrogens with one attached hydrogen (secondary N) is 2. The number of carbonyl (C=O) groups is 1. The number of esters is 1. The maximum atomic E-state index is 12.5. The molecule has 0 fully saturated rings. The van der Waals surface area contributed by atoms with Crippen molar-refractivity contribution in [3.05, 3.63) is 71.3 Å². The highest BCUT2D eigenvalue weighted by Crippen LogP contribution is 2.28. The maximum Gasteiger partial charge on any atom is 0.338 e. The molecule has 5 nitrogen and oxygen atoms in total. The Bertz CT molecular complexity index is 738. The molecule has 2 heterocycles. The first-order chi connectivity index (χ1) is 11.1. The summed E-state index contributed by atoms with van der Waals surface area (Å²) >= 11 is 5.16. The molecule has 6 heteroatoms. The Morgan fingerprint density at radius 3 is 2.74 bits per heavy atom. The van der Waals surface area contributed by atoms with Crippen LogP contribution in [0.2, 0.25) is 0 Å². The molecule has 118 valence electrons. The van der Waals surface area contributed by atoms with E-state index in [0.29, 0.717) is 22.1 Å². The van der Waals surface area contributed by atoms with E-state index in [1.807, 2.05) is 30.3 Å². The predicted molar refractivity (Wildman–Crippen MR) is 89.3 cm³/mol. The van der Waals surface area contributed by atoms with Crippen LogP contribution >= 0.6 is 12.2 Å². The smallest absolute Gasteiger partial charge is 0.338 e. The average molecular weight is 328 g/mol. The molecular weight excluding hydrogens is 312 g/mol. The Morgan fingerprint density at radius 1 is 1.26 bits per heavy atom. The number of hydrogen-bond acceptors (Lipinski definition) is 4. The number of allylic oxidation sites excluding steroid dienone is 1. The third kappa shape index (κ3) is 3.43. The van der Waals surface area contributed by atoms with Crippen LogP contribution in [0.3, 0.4) is 0 Å². The van der Waals surface area contributed by atoms with Crippen molar-refractivity contribution in [2.45, 2.75) is 19.6 Å². The van der Waals surface area contributed by atoms with Gasteiger partial charge in [-0.2, -0.15) is 0 Å². The normalized spacial score (nSPS) is 17.4. The standard InChI is InChI=1S/C17H16N2O3S/c1-11-14(16(20)22-10-12-6-3-2-4-7-12)15(19-17(23)18-11)13-8-5-9-21-13/h2-9,15H,10H2,1H3,(H2,18,19,23)/t15-/m1/s1.